The van der Waals surface area contributed by atoms with Gasteiger partial charge in [0.25, 0.3) is 5.91 Å². The quantitative estimate of drug-likeness (QED) is 0.622. The van der Waals surface area contributed by atoms with E-state index >= 15 is 0 Å². The van der Waals surface area contributed by atoms with Crippen LogP contribution in [0.5, 0.6) is 0 Å². The Morgan fingerprint density at radius 1 is 1.33 bits per heavy atom. The van der Waals surface area contributed by atoms with Gasteiger partial charge >= 0.3 is 6.09 Å². The van der Waals surface area contributed by atoms with Crippen molar-refractivity contribution < 1.29 is 14.7 Å². The van der Waals surface area contributed by atoms with Crippen molar-refractivity contribution in [2.45, 2.75) is 26.6 Å². The predicted octanol–water partition coefficient (Wildman–Crippen LogP) is 2.68. The number of nitrogens with zero attached hydrogens (tertiary/aromatic N) is 7. The van der Waals surface area contributed by atoms with E-state index in [0.717, 1.165) is 4.90 Å². The molecule has 10 nitrogen and oxygen atoms in total. The third-order valence-corrected chi connectivity index (χ3v) is 5.07. The smallest absolute Gasteiger partial charge is 0.407 e. The number of anilines is 1. The van der Waals surface area contributed by atoms with Gasteiger partial charge in [-0.05, 0) is 25.1 Å². The summed E-state index contributed by atoms with van der Waals surface area (Å²) >= 11 is 6.10. The largest absolute Gasteiger partial charge is 0.465 e. The highest BCUT2D eigenvalue weighted by molar-refractivity contribution is 6.30. The van der Waals surface area contributed by atoms with Crippen molar-refractivity contribution in [3.8, 4) is 11.5 Å². The summed E-state index contributed by atoms with van der Waals surface area (Å²) in [6.07, 6.45) is 0.528. The van der Waals surface area contributed by atoms with Crippen molar-refractivity contribution in [1.29, 1.82) is 0 Å². The molecule has 0 bridgehead atoms. The van der Waals surface area contributed by atoms with Crippen LogP contribution in [0, 0.1) is 0 Å². The van der Waals surface area contributed by atoms with Crippen molar-refractivity contribution in [2.75, 3.05) is 11.9 Å². The molecule has 0 saturated heterocycles. The van der Waals surface area contributed by atoms with Crippen LogP contribution >= 0.6 is 11.6 Å². The number of fused-ring (bicyclic) bond motifs is 1. The zero-order chi connectivity index (χ0) is 21.4. The molecule has 1 aliphatic rings. The molecular weight excluding hydrogens is 410 g/mol. The summed E-state index contributed by atoms with van der Waals surface area (Å²) in [7, 11) is 1.43. The zero-order valence-electron chi connectivity index (χ0n) is 16.3. The van der Waals surface area contributed by atoms with Gasteiger partial charge in [0.15, 0.2) is 5.82 Å². The average Bonchev–Trinajstić information content (AvgIpc) is 3.33. The van der Waals surface area contributed by atoms with Crippen LogP contribution in [-0.2, 0) is 19.6 Å². The molecule has 0 aromatic carbocycles. The topological polar surface area (TPSA) is 117 Å². The summed E-state index contributed by atoms with van der Waals surface area (Å²) in [6.45, 7) is 2.90. The highest BCUT2D eigenvalue weighted by atomic mass is 35.5. The molecule has 3 aromatic heterocycles. The molecule has 3 aromatic rings. The fourth-order valence-electron chi connectivity index (χ4n) is 3.32. The standard InChI is InChI=1S/C19H18ClN7O3/c1-3-26-10-21-24-17(26)13-5-4-6-16(23-13)27-8-12-11(18(27)28)7-15(20)22-14(12)9-25(2)19(29)30/h4-7,10H,3,8-9H2,1-2H3,(H,29,30). The summed E-state index contributed by atoms with van der Waals surface area (Å²) < 4.78 is 1.86. The molecule has 4 rings (SSSR count). The number of aryl methyl sites for hydroxylation is 1. The number of hydrogen-bond acceptors (Lipinski definition) is 6. The van der Waals surface area contributed by atoms with Crippen LogP contribution in [0.15, 0.2) is 30.6 Å². The van der Waals surface area contributed by atoms with Gasteiger partial charge in [-0.15, -0.1) is 10.2 Å². The van der Waals surface area contributed by atoms with Crippen molar-refractivity contribution in [2.24, 2.45) is 0 Å². The SMILES string of the molecule is CCn1cnnc1-c1cccc(N2Cc3c(cc(Cl)nc3CN(C)C(=O)O)C2=O)n1. The van der Waals surface area contributed by atoms with E-state index in [1.165, 1.54) is 18.0 Å². The first-order chi connectivity index (χ1) is 14.4. The molecule has 30 heavy (non-hydrogen) atoms. The Morgan fingerprint density at radius 3 is 2.87 bits per heavy atom. The second-order valence-corrected chi connectivity index (χ2v) is 7.16. The lowest BCUT2D eigenvalue weighted by Gasteiger charge is -2.16. The molecule has 4 heterocycles. The van der Waals surface area contributed by atoms with Crippen LogP contribution < -0.4 is 4.90 Å². The summed E-state index contributed by atoms with van der Waals surface area (Å²) in [5, 5.41) is 17.3. The lowest BCUT2D eigenvalue weighted by Crippen LogP contribution is -2.25. The predicted molar refractivity (Wildman–Crippen MR) is 108 cm³/mol. The molecule has 154 valence electrons. The van der Waals surface area contributed by atoms with Gasteiger partial charge in [-0.1, -0.05) is 17.7 Å². The van der Waals surface area contributed by atoms with Gasteiger partial charge in [-0.2, -0.15) is 0 Å². The van der Waals surface area contributed by atoms with Crippen LogP contribution in [0.25, 0.3) is 11.5 Å². The molecule has 0 spiro atoms. The first-order valence-corrected chi connectivity index (χ1v) is 9.56. The number of hydrogen-bond donors (Lipinski definition) is 1. The molecule has 0 atom stereocenters. The summed E-state index contributed by atoms with van der Waals surface area (Å²) in [6, 6.07) is 6.84. The molecule has 0 aliphatic carbocycles. The third kappa shape index (κ3) is 3.45. The highest BCUT2D eigenvalue weighted by Gasteiger charge is 2.33. The van der Waals surface area contributed by atoms with Gasteiger partial charge in [0.05, 0.1) is 18.8 Å². The molecule has 0 fully saturated rings. The second kappa shape index (κ2) is 7.71. The molecule has 1 aliphatic heterocycles. The molecular formula is C19H18ClN7O3. The van der Waals surface area contributed by atoms with Gasteiger partial charge in [0.2, 0.25) is 0 Å². The minimum absolute atomic E-state index is 0.0203. The molecule has 0 saturated carbocycles. The Kier molecular flexibility index (Phi) is 5.08. The number of halogens is 1. The Bertz CT molecular complexity index is 1150. The minimum Gasteiger partial charge on any atom is -0.465 e. The van der Waals surface area contributed by atoms with E-state index in [0.29, 0.717) is 40.7 Å². The van der Waals surface area contributed by atoms with Gasteiger partial charge in [-0.25, -0.2) is 14.8 Å². The number of carboxylic acid groups (broad SMARTS) is 1. The lowest BCUT2D eigenvalue weighted by molar-refractivity contribution is 0.0996. The van der Waals surface area contributed by atoms with Gasteiger partial charge < -0.3 is 14.6 Å². The first kappa shape index (κ1) is 19.8. The summed E-state index contributed by atoms with van der Waals surface area (Å²) in [4.78, 5) is 35.7. The maximum absolute atomic E-state index is 13.1. The Labute approximate surface area is 176 Å². The maximum atomic E-state index is 13.1. The molecule has 11 heteroatoms. The van der Waals surface area contributed by atoms with E-state index in [9.17, 15) is 14.7 Å². The number of amides is 2. The lowest BCUT2D eigenvalue weighted by atomic mass is 10.1. The van der Waals surface area contributed by atoms with Crippen LogP contribution in [0.3, 0.4) is 0 Å². The van der Waals surface area contributed by atoms with E-state index in [1.807, 2.05) is 11.5 Å². The Balaban J connectivity index is 1.70. The molecule has 2 amide bonds. The van der Waals surface area contributed by atoms with Crippen molar-refractivity contribution >= 4 is 29.4 Å². The van der Waals surface area contributed by atoms with Gasteiger partial charge in [0, 0.05) is 24.7 Å². The van der Waals surface area contributed by atoms with Crippen LogP contribution in [0.4, 0.5) is 10.6 Å². The molecule has 0 radical (unpaired) electrons. The van der Waals surface area contributed by atoms with E-state index in [4.69, 9.17) is 11.6 Å². The second-order valence-electron chi connectivity index (χ2n) is 6.77. The number of rotatable bonds is 5. The Hall–Kier alpha value is -3.53. The van der Waals surface area contributed by atoms with Crippen molar-refractivity contribution in [1.82, 2.24) is 29.6 Å². The number of pyridine rings is 2. The monoisotopic (exact) mass is 427 g/mol. The number of aromatic nitrogens is 5. The van der Waals surface area contributed by atoms with Crippen molar-refractivity contribution in [3.05, 3.63) is 52.6 Å². The fourth-order valence-corrected chi connectivity index (χ4v) is 3.54. The van der Waals surface area contributed by atoms with Gasteiger partial charge in [0.1, 0.15) is 23.0 Å². The third-order valence-electron chi connectivity index (χ3n) is 4.88. The molecule has 0 unspecified atom stereocenters. The maximum Gasteiger partial charge on any atom is 0.407 e. The van der Waals surface area contributed by atoms with Crippen LogP contribution in [-0.4, -0.2) is 53.8 Å². The number of carbonyl (C=O) groups is 2. The fraction of sp³-hybridized carbons (Fsp3) is 0.263. The molecule has 1 N–H and O–H groups in total. The summed E-state index contributed by atoms with van der Waals surface area (Å²) in [5.41, 5.74) is 2.08. The minimum atomic E-state index is -1.10. The van der Waals surface area contributed by atoms with E-state index < -0.39 is 6.09 Å². The van der Waals surface area contributed by atoms with E-state index in [2.05, 4.69) is 20.2 Å². The van der Waals surface area contributed by atoms with E-state index in [1.54, 1.807) is 24.5 Å². The van der Waals surface area contributed by atoms with Crippen LogP contribution in [0.2, 0.25) is 5.15 Å². The van der Waals surface area contributed by atoms with Crippen molar-refractivity contribution in [3.63, 3.8) is 0 Å². The first-order valence-electron chi connectivity index (χ1n) is 9.18. The zero-order valence-corrected chi connectivity index (χ0v) is 17.0. The van der Waals surface area contributed by atoms with Gasteiger partial charge in [-0.3, -0.25) is 9.69 Å². The van der Waals surface area contributed by atoms with E-state index in [-0.39, 0.29) is 24.1 Å². The van der Waals surface area contributed by atoms with Crippen LogP contribution in [0.1, 0.15) is 28.5 Å². The average molecular weight is 428 g/mol. The summed E-state index contributed by atoms with van der Waals surface area (Å²) in [5.74, 6) is 0.792. The Morgan fingerprint density at radius 2 is 2.13 bits per heavy atom. The number of carbonyl (C=O) groups excluding carboxylic acids is 1. The highest BCUT2D eigenvalue weighted by Crippen LogP contribution is 2.32. The normalized spacial score (nSPS) is 12.9.